The lowest BCUT2D eigenvalue weighted by Crippen LogP contribution is -2.25. The molecule has 0 bridgehead atoms. The molecule has 0 saturated carbocycles. The first-order chi connectivity index (χ1) is 27.2. The summed E-state index contributed by atoms with van der Waals surface area (Å²) < 4.78 is 47.2. The maximum absolute atomic E-state index is 15.5. The lowest BCUT2D eigenvalue weighted by atomic mass is 9.85. The number of rotatable bonds is 14. The normalized spacial score (nSPS) is 11.6. The van der Waals surface area contributed by atoms with Crippen LogP contribution in [0.4, 0.5) is 8.78 Å². The summed E-state index contributed by atoms with van der Waals surface area (Å²) in [4.78, 5) is 49.4. The molecule has 0 aliphatic rings. The van der Waals surface area contributed by atoms with E-state index >= 15 is 8.78 Å². The number of esters is 3. The van der Waals surface area contributed by atoms with Gasteiger partial charge >= 0.3 is 23.9 Å². The van der Waals surface area contributed by atoms with E-state index in [1.54, 1.807) is 44.2 Å². The largest absolute Gasteiger partial charge is 0.478 e. The quantitative estimate of drug-likeness (QED) is 0.0866. The van der Waals surface area contributed by atoms with Crippen molar-refractivity contribution in [1.82, 2.24) is 0 Å². The molecular weight excluding hydrogens is 836 g/mol. The van der Waals surface area contributed by atoms with Gasteiger partial charge in [-0.3, -0.25) is 0 Å². The van der Waals surface area contributed by atoms with E-state index in [2.05, 4.69) is 0 Å². The summed E-state index contributed by atoms with van der Waals surface area (Å²) in [5, 5.41) is 9.09. The average Bonchev–Trinajstić information content (AvgIpc) is 3.14. The molecule has 302 valence electrons. The zero-order valence-corrected chi connectivity index (χ0v) is 34.6. The Morgan fingerprint density at radius 3 is 1.40 bits per heavy atom. The average molecular weight is 873 g/mol. The van der Waals surface area contributed by atoms with E-state index in [0.717, 1.165) is 0 Å². The SMILES string of the molecule is CC(C)(COC(=O)c1c(Cl)cccc1Cl)Cc1ccc(-c2ccc(CC(C)(C)COC(=O)c3c(Cl)cc(OC(=O)c4ccc(C(=O)O)cc4)cc3Cl)c(F)c2)cc1F. The predicted octanol–water partition coefficient (Wildman–Crippen LogP) is 12.0. The van der Waals surface area contributed by atoms with Crippen molar-refractivity contribution in [2.24, 2.45) is 10.8 Å². The third-order valence-corrected chi connectivity index (χ3v) is 10.2. The molecule has 0 aliphatic heterocycles. The van der Waals surface area contributed by atoms with Gasteiger partial charge in [-0.2, -0.15) is 0 Å². The van der Waals surface area contributed by atoms with Gasteiger partial charge in [0, 0.05) is 23.0 Å². The van der Waals surface area contributed by atoms with Gasteiger partial charge in [0.1, 0.15) is 17.4 Å². The van der Waals surface area contributed by atoms with E-state index in [0.29, 0.717) is 22.3 Å². The summed E-state index contributed by atoms with van der Waals surface area (Å²) in [6.07, 6.45) is 0.411. The Morgan fingerprint density at radius 2 is 0.983 bits per heavy atom. The van der Waals surface area contributed by atoms with Gasteiger partial charge in [0.05, 0.1) is 55.6 Å². The topological polar surface area (TPSA) is 116 Å². The zero-order chi connectivity index (χ0) is 42.5. The second-order valence-electron chi connectivity index (χ2n) is 15.1. The smallest absolute Gasteiger partial charge is 0.343 e. The van der Waals surface area contributed by atoms with Crippen molar-refractivity contribution in [3.8, 4) is 16.9 Å². The van der Waals surface area contributed by atoms with Crippen LogP contribution in [0.25, 0.3) is 11.1 Å². The highest BCUT2D eigenvalue weighted by atomic mass is 35.5. The fourth-order valence-electron chi connectivity index (χ4n) is 5.95. The number of aromatic carboxylic acids is 1. The minimum Gasteiger partial charge on any atom is -0.478 e. The highest BCUT2D eigenvalue weighted by Crippen LogP contribution is 2.34. The molecule has 14 heteroatoms. The molecule has 0 fully saturated rings. The van der Waals surface area contributed by atoms with E-state index in [1.165, 1.54) is 60.7 Å². The molecule has 0 radical (unpaired) electrons. The minimum atomic E-state index is -1.15. The molecule has 5 aromatic rings. The number of benzene rings is 5. The molecule has 0 heterocycles. The highest BCUT2D eigenvalue weighted by molar-refractivity contribution is 6.40. The predicted molar refractivity (Wildman–Crippen MR) is 219 cm³/mol. The molecule has 0 aliphatic carbocycles. The summed E-state index contributed by atoms with van der Waals surface area (Å²) >= 11 is 24.9. The van der Waals surface area contributed by atoms with Crippen LogP contribution in [0, 0.1) is 22.5 Å². The van der Waals surface area contributed by atoms with Crippen LogP contribution < -0.4 is 4.74 Å². The Bertz CT molecular complexity index is 2350. The van der Waals surface area contributed by atoms with Crippen molar-refractivity contribution in [3.63, 3.8) is 0 Å². The maximum atomic E-state index is 15.5. The third kappa shape index (κ3) is 11.1. The van der Waals surface area contributed by atoms with E-state index in [4.69, 9.17) is 65.7 Å². The second kappa shape index (κ2) is 18.3. The monoisotopic (exact) mass is 870 g/mol. The number of carboxylic acid groups (broad SMARTS) is 1. The zero-order valence-electron chi connectivity index (χ0n) is 31.6. The first kappa shape index (κ1) is 44.1. The second-order valence-corrected chi connectivity index (χ2v) is 16.7. The van der Waals surface area contributed by atoms with Crippen molar-refractivity contribution < 1.29 is 47.3 Å². The molecule has 0 saturated heterocycles. The van der Waals surface area contributed by atoms with Gasteiger partial charge in [-0.1, -0.05) is 104 Å². The van der Waals surface area contributed by atoms with E-state index < -0.39 is 46.3 Å². The van der Waals surface area contributed by atoms with Gasteiger partial charge in [0.15, 0.2) is 0 Å². The van der Waals surface area contributed by atoms with Crippen LogP contribution in [-0.2, 0) is 22.3 Å². The van der Waals surface area contributed by atoms with Gasteiger partial charge in [-0.25, -0.2) is 28.0 Å². The molecule has 0 amide bonds. The van der Waals surface area contributed by atoms with Crippen LogP contribution in [0.2, 0.25) is 20.1 Å². The van der Waals surface area contributed by atoms with Crippen molar-refractivity contribution in [3.05, 3.63) is 156 Å². The molecule has 5 rings (SSSR count). The number of carbonyl (C=O) groups is 4. The molecular formula is C44H36Cl4F2O8. The van der Waals surface area contributed by atoms with Crippen LogP contribution in [0.1, 0.15) is 80.3 Å². The number of carbonyl (C=O) groups excluding carboxylic acids is 3. The van der Waals surface area contributed by atoms with Crippen LogP contribution in [0.15, 0.2) is 91.0 Å². The van der Waals surface area contributed by atoms with E-state index in [1.807, 2.05) is 13.8 Å². The van der Waals surface area contributed by atoms with Crippen molar-refractivity contribution in [2.75, 3.05) is 13.2 Å². The number of carboxylic acids is 1. The van der Waals surface area contributed by atoms with Crippen LogP contribution >= 0.6 is 46.4 Å². The molecule has 0 spiro atoms. The molecule has 5 aromatic carbocycles. The number of hydrogen-bond donors (Lipinski definition) is 1. The lowest BCUT2D eigenvalue weighted by Gasteiger charge is -2.25. The lowest BCUT2D eigenvalue weighted by molar-refractivity contribution is 0.0334. The summed E-state index contributed by atoms with van der Waals surface area (Å²) in [6, 6.07) is 21.4. The fraction of sp³-hybridized carbons (Fsp3) is 0.227. The van der Waals surface area contributed by atoms with Crippen LogP contribution in [0.5, 0.6) is 5.75 Å². The Hall–Kier alpha value is -5.00. The first-order valence-corrected chi connectivity index (χ1v) is 19.1. The molecule has 58 heavy (non-hydrogen) atoms. The van der Waals surface area contributed by atoms with Crippen molar-refractivity contribution >= 4 is 70.3 Å². The molecule has 0 atom stereocenters. The summed E-state index contributed by atoms with van der Waals surface area (Å²) in [5.74, 6) is -4.57. The summed E-state index contributed by atoms with van der Waals surface area (Å²) in [5.41, 5.74) is 0.211. The van der Waals surface area contributed by atoms with Crippen LogP contribution in [0.3, 0.4) is 0 Å². The Morgan fingerprint density at radius 1 is 0.569 bits per heavy atom. The fourth-order valence-corrected chi connectivity index (χ4v) is 7.12. The number of ether oxygens (including phenoxy) is 3. The summed E-state index contributed by atoms with van der Waals surface area (Å²) in [6.45, 7) is 7.06. The van der Waals surface area contributed by atoms with Gasteiger partial charge in [0.2, 0.25) is 0 Å². The van der Waals surface area contributed by atoms with Crippen LogP contribution in [-0.4, -0.2) is 42.2 Å². The van der Waals surface area contributed by atoms with Gasteiger partial charge in [-0.15, -0.1) is 0 Å². The molecule has 1 N–H and O–H groups in total. The molecule has 0 unspecified atom stereocenters. The Balaban J connectivity index is 1.17. The third-order valence-electron chi connectivity index (χ3n) is 8.93. The first-order valence-electron chi connectivity index (χ1n) is 17.6. The summed E-state index contributed by atoms with van der Waals surface area (Å²) in [7, 11) is 0. The van der Waals surface area contributed by atoms with Gasteiger partial charge in [0.25, 0.3) is 0 Å². The molecule has 0 aromatic heterocycles. The Kier molecular flexibility index (Phi) is 13.9. The standard InChI is InChI=1S/C44H36Cl4F2O8/c1-43(2,22-56-41(54)37-31(45)6-5-7-32(37)46)20-28-14-12-26(16-35(28)49)27-13-15-29(36(50)17-27)21-44(3,4)23-57-42(55)38-33(47)18-30(19-34(38)48)58-40(53)25-10-8-24(9-11-25)39(51)52/h5-19H,20-23H2,1-4H3,(H,51,52). The Labute approximate surface area is 353 Å². The van der Waals surface area contributed by atoms with E-state index in [9.17, 15) is 19.2 Å². The highest BCUT2D eigenvalue weighted by Gasteiger charge is 2.27. The maximum Gasteiger partial charge on any atom is 0.343 e. The van der Waals surface area contributed by atoms with Gasteiger partial charge in [-0.05, 0) is 83.6 Å². The van der Waals surface area contributed by atoms with Gasteiger partial charge < -0.3 is 19.3 Å². The minimum absolute atomic E-state index is 0.00708. The van der Waals surface area contributed by atoms with Crippen molar-refractivity contribution in [2.45, 2.75) is 40.5 Å². The van der Waals surface area contributed by atoms with E-state index in [-0.39, 0.29) is 74.1 Å². The van der Waals surface area contributed by atoms with Crippen molar-refractivity contribution in [1.29, 1.82) is 0 Å². The molecule has 8 nitrogen and oxygen atoms in total. The number of hydrogen-bond acceptors (Lipinski definition) is 7. The number of halogens is 6.